The molecule has 1 saturated carbocycles. The number of H-pyrrole nitrogens is 1. The highest BCUT2D eigenvalue weighted by molar-refractivity contribution is 6.04. The standard InChI is InChI=1S/C33H33FN4O5/c1-18-21(20-14-26(34)24(30(15-20)43-4)16-35-28-12-7-13-29(28)39)8-5-9-22(18)23-10-6-11-27(19(23)2)37-31(40)25-17-36-33(42)38(3)32(25)41/h5-6,8-11,14-15,17,28,35H,7,12-13,16H2,1-4H3,(H,36,42)(H,37,40)/t28-/m0/s1. The maximum absolute atomic E-state index is 15.5. The SMILES string of the molecule is COc1cc(-c2cccc(-c3cccc(NC(=O)c4c[nH]c(=O)n(C)c4=O)c3C)c2C)cc(F)c1CN[C@H]1CCCC1=O. The molecule has 0 bridgehead atoms. The van der Waals surface area contributed by atoms with Crippen LogP contribution in [0.2, 0.25) is 0 Å². The van der Waals surface area contributed by atoms with Gasteiger partial charge in [-0.15, -0.1) is 0 Å². The van der Waals surface area contributed by atoms with Crippen molar-refractivity contribution in [2.24, 2.45) is 7.05 Å². The van der Waals surface area contributed by atoms with E-state index in [-0.39, 0.29) is 23.9 Å². The molecule has 1 amide bonds. The minimum absolute atomic E-state index is 0.156. The van der Waals surface area contributed by atoms with E-state index in [1.54, 1.807) is 18.2 Å². The predicted molar refractivity (Wildman–Crippen MR) is 163 cm³/mol. The van der Waals surface area contributed by atoms with Crippen molar-refractivity contribution in [2.45, 2.75) is 45.7 Å². The maximum Gasteiger partial charge on any atom is 0.328 e. The number of ether oxygens (including phenoxy) is 1. The van der Waals surface area contributed by atoms with Crippen LogP contribution in [0.15, 0.2) is 64.3 Å². The fourth-order valence-electron chi connectivity index (χ4n) is 5.60. The van der Waals surface area contributed by atoms with Crippen molar-refractivity contribution in [1.29, 1.82) is 0 Å². The smallest absolute Gasteiger partial charge is 0.328 e. The molecule has 1 aliphatic carbocycles. The van der Waals surface area contributed by atoms with E-state index in [9.17, 15) is 19.2 Å². The van der Waals surface area contributed by atoms with Gasteiger partial charge in [-0.25, -0.2) is 9.18 Å². The van der Waals surface area contributed by atoms with Crippen LogP contribution >= 0.6 is 0 Å². The predicted octanol–water partition coefficient (Wildman–Crippen LogP) is 4.64. The third-order valence-electron chi connectivity index (χ3n) is 8.15. The van der Waals surface area contributed by atoms with Crippen molar-refractivity contribution in [2.75, 3.05) is 12.4 Å². The third kappa shape index (κ3) is 5.78. The van der Waals surface area contributed by atoms with Crippen molar-refractivity contribution in [3.8, 4) is 28.0 Å². The molecule has 4 aromatic rings. The van der Waals surface area contributed by atoms with Crippen LogP contribution in [0.3, 0.4) is 0 Å². The Kier molecular flexibility index (Phi) is 8.40. The molecule has 1 atom stereocenters. The molecular weight excluding hydrogens is 551 g/mol. The molecule has 1 heterocycles. The molecule has 0 saturated heterocycles. The first-order valence-corrected chi connectivity index (χ1v) is 14.0. The molecular formula is C33H33FN4O5. The summed E-state index contributed by atoms with van der Waals surface area (Å²) in [6, 6.07) is 14.2. The molecule has 1 fully saturated rings. The summed E-state index contributed by atoms with van der Waals surface area (Å²) in [6.07, 6.45) is 3.25. The number of benzene rings is 3. The number of nitrogens with zero attached hydrogens (tertiary/aromatic N) is 1. The van der Waals surface area contributed by atoms with E-state index in [2.05, 4.69) is 15.6 Å². The quantitative estimate of drug-likeness (QED) is 0.278. The number of rotatable bonds is 8. The monoisotopic (exact) mass is 584 g/mol. The van der Waals surface area contributed by atoms with Crippen molar-refractivity contribution < 1.29 is 18.7 Å². The van der Waals surface area contributed by atoms with E-state index in [1.807, 2.05) is 38.1 Å². The van der Waals surface area contributed by atoms with Gasteiger partial charge in [0.2, 0.25) is 0 Å². The molecule has 1 aliphatic rings. The van der Waals surface area contributed by atoms with Gasteiger partial charge in [0.15, 0.2) is 0 Å². The van der Waals surface area contributed by atoms with Crippen LogP contribution in [0.1, 0.15) is 46.3 Å². The molecule has 3 N–H and O–H groups in total. The molecule has 0 radical (unpaired) electrons. The molecule has 5 rings (SSSR count). The second-order valence-corrected chi connectivity index (χ2v) is 10.7. The molecule has 3 aromatic carbocycles. The number of hydrogen-bond donors (Lipinski definition) is 3. The number of amides is 1. The highest BCUT2D eigenvalue weighted by Gasteiger charge is 2.25. The van der Waals surface area contributed by atoms with Gasteiger partial charge in [-0.3, -0.25) is 19.0 Å². The van der Waals surface area contributed by atoms with E-state index in [1.165, 1.54) is 20.2 Å². The van der Waals surface area contributed by atoms with Gasteiger partial charge in [0.1, 0.15) is 22.9 Å². The van der Waals surface area contributed by atoms with Crippen LogP contribution in [0.5, 0.6) is 5.75 Å². The molecule has 1 aromatic heterocycles. The summed E-state index contributed by atoms with van der Waals surface area (Å²) in [5, 5.41) is 5.96. The number of hydrogen-bond acceptors (Lipinski definition) is 6. The minimum atomic E-state index is -0.699. The summed E-state index contributed by atoms with van der Waals surface area (Å²) in [4.78, 5) is 51.5. The second kappa shape index (κ2) is 12.2. The summed E-state index contributed by atoms with van der Waals surface area (Å²) in [5.41, 5.74) is 4.23. The Labute approximate surface area is 247 Å². The summed E-state index contributed by atoms with van der Waals surface area (Å²) < 4.78 is 21.9. The van der Waals surface area contributed by atoms with Gasteiger partial charge in [0, 0.05) is 37.5 Å². The van der Waals surface area contributed by atoms with Crippen LogP contribution in [-0.2, 0) is 18.4 Å². The van der Waals surface area contributed by atoms with Gasteiger partial charge >= 0.3 is 5.69 Å². The normalized spacial score (nSPS) is 14.6. The van der Waals surface area contributed by atoms with Crippen LogP contribution in [0.4, 0.5) is 10.1 Å². The molecule has 0 unspecified atom stereocenters. The van der Waals surface area contributed by atoms with E-state index in [4.69, 9.17) is 4.74 Å². The number of aromatic nitrogens is 2. The number of Topliss-reactive ketones (excluding diaryl/α,β-unsaturated/α-hetero) is 1. The number of nitrogens with one attached hydrogen (secondary N) is 3. The first kappa shape index (κ1) is 29.7. The number of ketones is 1. The van der Waals surface area contributed by atoms with Gasteiger partial charge in [-0.05, 0) is 78.3 Å². The number of carbonyl (C=O) groups is 2. The maximum atomic E-state index is 15.5. The van der Waals surface area contributed by atoms with Crippen molar-refractivity contribution in [3.63, 3.8) is 0 Å². The average Bonchev–Trinajstić information content (AvgIpc) is 3.40. The Balaban J connectivity index is 1.46. The Bertz CT molecular complexity index is 1860. The van der Waals surface area contributed by atoms with Crippen molar-refractivity contribution in [3.05, 3.63) is 104 Å². The largest absolute Gasteiger partial charge is 0.496 e. The van der Waals surface area contributed by atoms with Gasteiger partial charge in [0.25, 0.3) is 11.5 Å². The molecule has 9 nitrogen and oxygen atoms in total. The molecule has 0 aliphatic heterocycles. The van der Waals surface area contributed by atoms with Gasteiger partial charge in [-0.1, -0.05) is 30.3 Å². The van der Waals surface area contributed by atoms with E-state index in [0.717, 1.165) is 51.4 Å². The van der Waals surface area contributed by atoms with Crippen LogP contribution in [0, 0.1) is 19.7 Å². The molecule has 222 valence electrons. The fourth-order valence-corrected chi connectivity index (χ4v) is 5.60. The van der Waals surface area contributed by atoms with E-state index >= 15 is 4.39 Å². The van der Waals surface area contributed by atoms with Crippen molar-refractivity contribution in [1.82, 2.24) is 14.9 Å². The molecule has 43 heavy (non-hydrogen) atoms. The Hall–Kier alpha value is -4.83. The number of carbonyl (C=O) groups excluding carboxylic acids is 2. The molecule has 0 spiro atoms. The lowest BCUT2D eigenvalue weighted by Gasteiger charge is -2.18. The minimum Gasteiger partial charge on any atom is -0.496 e. The number of methoxy groups -OCH3 is 1. The van der Waals surface area contributed by atoms with Crippen molar-refractivity contribution >= 4 is 17.4 Å². The lowest BCUT2D eigenvalue weighted by Crippen LogP contribution is -2.37. The lowest BCUT2D eigenvalue weighted by atomic mass is 9.90. The lowest BCUT2D eigenvalue weighted by molar-refractivity contribution is -0.119. The summed E-state index contributed by atoms with van der Waals surface area (Å²) in [5.74, 6) is -0.515. The van der Waals surface area contributed by atoms with Crippen LogP contribution in [0.25, 0.3) is 22.3 Å². The number of anilines is 1. The van der Waals surface area contributed by atoms with Gasteiger partial charge < -0.3 is 20.4 Å². The van der Waals surface area contributed by atoms with Crippen LogP contribution < -0.4 is 26.6 Å². The highest BCUT2D eigenvalue weighted by atomic mass is 19.1. The Morgan fingerprint density at radius 3 is 2.44 bits per heavy atom. The zero-order valence-corrected chi connectivity index (χ0v) is 24.5. The summed E-state index contributed by atoms with van der Waals surface area (Å²) in [7, 11) is 2.79. The van der Waals surface area contributed by atoms with E-state index < -0.39 is 23.0 Å². The average molecular weight is 585 g/mol. The second-order valence-electron chi connectivity index (χ2n) is 10.7. The summed E-state index contributed by atoms with van der Waals surface area (Å²) in [6.45, 7) is 4.00. The topological polar surface area (TPSA) is 122 Å². The first-order valence-electron chi connectivity index (χ1n) is 14.0. The van der Waals surface area contributed by atoms with Gasteiger partial charge in [-0.2, -0.15) is 0 Å². The first-order chi connectivity index (χ1) is 20.6. The van der Waals surface area contributed by atoms with Crippen LogP contribution in [-0.4, -0.2) is 34.4 Å². The Morgan fingerprint density at radius 1 is 1.05 bits per heavy atom. The highest BCUT2D eigenvalue weighted by Crippen LogP contribution is 2.37. The Morgan fingerprint density at radius 2 is 1.74 bits per heavy atom. The van der Waals surface area contributed by atoms with E-state index in [0.29, 0.717) is 29.0 Å². The molecule has 10 heteroatoms. The van der Waals surface area contributed by atoms with Gasteiger partial charge in [0.05, 0.1) is 13.2 Å². The number of halogens is 1. The summed E-state index contributed by atoms with van der Waals surface area (Å²) >= 11 is 0. The number of aromatic amines is 1. The third-order valence-corrected chi connectivity index (χ3v) is 8.15. The zero-order chi connectivity index (χ0) is 30.8. The fraction of sp³-hybridized carbons (Fsp3) is 0.273. The zero-order valence-electron chi connectivity index (χ0n) is 24.5.